The van der Waals surface area contributed by atoms with E-state index in [0.717, 1.165) is 12.2 Å². The average molecular weight is 368 g/mol. The van der Waals surface area contributed by atoms with Crippen LogP contribution in [0.3, 0.4) is 0 Å². The molecule has 0 aliphatic carbocycles. The Labute approximate surface area is 159 Å². The smallest absolute Gasteiger partial charge is 0.267 e. The molecule has 0 spiro atoms. The molecule has 2 aromatic carbocycles. The lowest BCUT2D eigenvalue weighted by atomic mass is 10.1. The maximum atomic E-state index is 12.6. The van der Waals surface area contributed by atoms with Crippen LogP contribution < -0.4 is 19.7 Å². The van der Waals surface area contributed by atoms with Crippen LogP contribution >= 0.6 is 0 Å². The summed E-state index contributed by atoms with van der Waals surface area (Å²) < 4.78 is 11.5. The molecule has 6 nitrogen and oxygen atoms in total. The Kier molecular flexibility index (Phi) is 5.96. The first-order chi connectivity index (χ1) is 13.1. The summed E-state index contributed by atoms with van der Waals surface area (Å²) in [4.78, 5) is 26.0. The van der Waals surface area contributed by atoms with Crippen LogP contribution in [0.25, 0.3) is 0 Å². The highest BCUT2D eigenvalue weighted by Gasteiger charge is 2.31. The first-order valence-corrected chi connectivity index (χ1v) is 9.18. The van der Waals surface area contributed by atoms with Crippen molar-refractivity contribution in [2.45, 2.75) is 32.8 Å². The summed E-state index contributed by atoms with van der Waals surface area (Å²) in [5.41, 5.74) is 1.34. The van der Waals surface area contributed by atoms with Crippen molar-refractivity contribution in [2.75, 3.05) is 23.4 Å². The van der Waals surface area contributed by atoms with Gasteiger partial charge in [-0.3, -0.25) is 9.59 Å². The number of nitrogens with zero attached hydrogens (tertiary/aromatic N) is 1. The van der Waals surface area contributed by atoms with Crippen LogP contribution in [0.5, 0.6) is 11.5 Å². The molecule has 2 amide bonds. The van der Waals surface area contributed by atoms with Crippen LogP contribution in [-0.4, -0.2) is 31.1 Å². The molecule has 2 aromatic rings. The van der Waals surface area contributed by atoms with Gasteiger partial charge in [0, 0.05) is 18.2 Å². The van der Waals surface area contributed by atoms with Crippen molar-refractivity contribution in [1.82, 2.24) is 0 Å². The standard InChI is InChI=1S/C21H24N2O4/c1-3-7-20(24)22-16-10-11-18-19(14-16)27-15(2)21(25)23(18)12-13-26-17-8-5-4-6-9-17/h4-6,8-11,14-15H,3,7,12-13H2,1-2H3,(H,22,24). The van der Waals surface area contributed by atoms with Gasteiger partial charge in [0.05, 0.1) is 12.2 Å². The van der Waals surface area contributed by atoms with Crippen molar-refractivity contribution in [2.24, 2.45) is 0 Å². The Bertz CT molecular complexity index is 807. The number of amides is 2. The summed E-state index contributed by atoms with van der Waals surface area (Å²) in [7, 11) is 0. The molecule has 1 aliphatic rings. The van der Waals surface area contributed by atoms with Gasteiger partial charge in [0.1, 0.15) is 18.1 Å². The van der Waals surface area contributed by atoms with Crippen LogP contribution in [-0.2, 0) is 9.59 Å². The molecule has 6 heteroatoms. The van der Waals surface area contributed by atoms with E-state index in [0.29, 0.717) is 36.7 Å². The minimum absolute atomic E-state index is 0.0366. The lowest BCUT2D eigenvalue weighted by Crippen LogP contribution is -2.46. The highest BCUT2D eigenvalue weighted by atomic mass is 16.5. The van der Waals surface area contributed by atoms with Gasteiger partial charge in [0.2, 0.25) is 5.91 Å². The number of fused-ring (bicyclic) bond motifs is 1. The SMILES string of the molecule is CCCC(=O)Nc1ccc2c(c1)OC(C)C(=O)N2CCOc1ccccc1. The molecule has 1 N–H and O–H groups in total. The van der Waals surface area contributed by atoms with Crippen molar-refractivity contribution in [3.63, 3.8) is 0 Å². The Balaban J connectivity index is 1.71. The predicted molar refractivity (Wildman–Crippen MR) is 104 cm³/mol. The van der Waals surface area contributed by atoms with E-state index in [9.17, 15) is 9.59 Å². The maximum Gasteiger partial charge on any atom is 0.267 e. The molecular formula is C21H24N2O4. The third-order valence-corrected chi connectivity index (χ3v) is 4.26. The Morgan fingerprint density at radius 3 is 2.74 bits per heavy atom. The second-order valence-corrected chi connectivity index (χ2v) is 6.39. The highest BCUT2D eigenvalue weighted by Crippen LogP contribution is 2.36. The number of hydrogen-bond acceptors (Lipinski definition) is 4. The highest BCUT2D eigenvalue weighted by molar-refractivity contribution is 6.00. The van der Waals surface area contributed by atoms with Crippen LogP contribution in [0.15, 0.2) is 48.5 Å². The molecule has 0 bridgehead atoms. The lowest BCUT2D eigenvalue weighted by molar-refractivity contribution is -0.125. The number of nitrogens with one attached hydrogen (secondary N) is 1. The van der Waals surface area contributed by atoms with Gasteiger partial charge >= 0.3 is 0 Å². The quantitative estimate of drug-likeness (QED) is 0.811. The number of anilines is 2. The summed E-state index contributed by atoms with van der Waals surface area (Å²) in [5, 5.41) is 2.85. The van der Waals surface area contributed by atoms with Crippen molar-refractivity contribution in [3.05, 3.63) is 48.5 Å². The molecule has 0 radical (unpaired) electrons. The summed E-state index contributed by atoms with van der Waals surface area (Å²) in [6.07, 6.45) is 0.667. The van der Waals surface area contributed by atoms with Gasteiger partial charge in [-0.05, 0) is 37.6 Å². The van der Waals surface area contributed by atoms with Crippen LogP contribution in [0.2, 0.25) is 0 Å². The van der Waals surface area contributed by atoms with Crippen molar-refractivity contribution in [3.8, 4) is 11.5 Å². The predicted octanol–water partition coefficient (Wildman–Crippen LogP) is 3.62. The Hall–Kier alpha value is -3.02. The zero-order chi connectivity index (χ0) is 19.2. The summed E-state index contributed by atoms with van der Waals surface area (Å²) >= 11 is 0. The maximum absolute atomic E-state index is 12.6. The second kappa shape index (κ2) is 8.58. The van der Waals surface area contributed by atoms with Crippen molar-refractivity contribution in [1.29, 1.82) is 0 Å². The number of para-hydroxylation sites is 1. The molecule has 1 atom stereocenters. The molecule has 0 fully saturated rings. The topological polar surface area (TPSA) is 67.9 Å². The molecular weight excluding hydrogens is 344 g/mol. The van der Waals surface area contributed by atoms with Crippen molar-refractivity contribution >= 4 is 23.2 Å². The fourth-order valence-corrected chi connectivity index (χ4v) is 2.94. The molecule has 1 unspecified atom stereocenters. The van der Waals surface area contributed by atoms with E-state index in [2.05, 4.69) is 5.32 Å². The number of carbonyl (C=O) groups is 2. The van der Waals surface area contributed by atoms with Gasteiger partial charge in [0.25, 0.3) is 5.91 Å². The Morgan fingerprint density at radius 1 is 1.22 bits per heavy atom. The first kappa shape index (κ1) is 18.8. The summed E-state index contributed by atoms with van der Waals surface area (Å²) in [5.74, 6) is 1.20. The van der Waals surface area contributed by atoms with Crippen LogP contribution in [0, 0.1) is 0 Å². The molecule has 142 valence electrons. The van der Waals surface area contributed by atoms with E-state index >= 15 is 0 Å². The van der Waals surface area contributed by atoms with Gasteiger partial charge in [-0.15, -0.1) is 0 Å². The molecule has 0 aromatic heterocycles. The number of carbonyl (C=O) groups excluding carboxylic acids is 2. The van der Waals surface area contributed by atoms with E-state index in [1.165, 1.54) is 0 Å². The van der Waals surface area contributed by atoms with Gasteiger partial charge in [-0.25, -0.2) is 0 Å². The monoisotopic (exact) mass is 368 g/mol. The van der Waals surface area contributed by atoms with Gasteiger partial charge in [-0.1, -0.05) is 25.1 Å². The lowest BCUT2D eigenvalue weighted by Gasteiger charge is -2.33. The minimum atomic E-state index is -0.587. The van der Waals surface area contributed by atoms with Crippen LogP contribution in [0.1, 0.15) is 26.7 Å². The molecule has 3 rings (SSSR count). The number of rotatable bonds is 7. The Morgan fingerprint density at radius 2 is 2.00 bits per heavy atom. The van der Waals surface area contributed by atoms with Gasteiger partial charge in [-0.2, -0.15) is 0 Å². The number of hydrogen-bond donors (Lipinski definition) is 1. The summed E-state index contributed by atoms with van der Waals surface area (Å²) in [6.45, 7) is 4.46. The average Bonchev–Trinajstić information content (AvgIpc) is 2.66. The van der Waals surface area contributed by atoms with Gasteiger partial charge in [0.15, 0.2) is 6.10 Å². The minimum Gasteiger partial charge on any atom is -0.492 e. The van der Waals surface area contributed by atoms with E-state index in [1.807, 2.05) is 37.3 Å². The van der Waals surface area contributed by atoms with E-state index < -0.39 is 6.10 Å². The van der Waals surface area contributed by atoms with E-state index in [4.69, 9.17) is 9.47 Å². The molecule has 1 heterocycles. The zero-order valence-corrected chi connectivity index (χ0v) is 15.6. The largest absolute Gasteiger partial charge is 0.492 e. The van der Waals surface area contributed by atoms with Crippen molar-refractivity contribution < 1.29 is 19.1 Å². The first-order valence-electron chi connectivity index (χ1n) is 9.18. The normalized spacial score (nSPS) is 15.7. The fraction of sp³-hybridized carbons (Fsp3) is 0.333. The summed E-state index contributed by atoms with van der Waals surface area (Å²) in [6, 6.07) is 14.8. The fourth-order valence-electron chi connectivity index (χ4n) is 2.94. The molecule has 1 aliphatic heterocycles. The molecule has 0 saturated carbocycles. The molecule has 27 heavy (non-hydrogen) atoms. The van der Waals surface area contributed by atoms with Crippen LogP contribution in [0.4, 0.5) is 11.4 Å². The zero-order valence-electron chi connectivity index (χ0n) is 15.6. The van der Waals surface area contributed by atoms with E-state index in [-0.39, 0.29) is 11.8 Å². The van der Waals surface area contributed by atoms with Gasteiger partial charge < -0.3 is 19.7 Å². The molecule has 0 saturated heterocycles. The third-order valence-electron chi connectivity index (χ3n) is 4.26. The second-order valence-electron chi connectivity index (χ2n) is 6.39. The van der Waals surface area contributed by atoms with E-state index in [1.54, 1.807) is 30.0 Å². The third kappa shape index (κ3) is 4.58. The number of benzene rings is 2. The number of ether oxygens (including phenoxy) is 2.